The van der Waals surface area contributed by atoms with E-state index >= 15 is 0 Å². The van der Waals surface area contributed by atoms with Crippen LogP contribution < -0.4 is 0 Å². The molecule has 0 radical (unpaired) electrons. The number of rotatable bonds is 4. The SMILES string of the molecule is O=C(CBr)[C@@H]1CCCN(C(=O)OCc2ccccc2)C1. The molecule has 5 heteroatoms. The minimum Gasteiger partial charge on any atom is -0.445 e. The summed E-state index contributed by atoms with van der Waals surface area (Å²) in [7, 11) is 0. The van der Waals surface area contributed by atoms with Crippen LogP contribution in [-0.4, -0.2) is 35.2 Å². The quantitative estimate of drug-likeness (QED) is 0.792. The summed E-state index contributed by atoms with van der Waals surface area (Å²) >= 11 is 3.18. The van der Waals surface area contributed by atoms with E-state index in [1.165, 1.54) is 0 Å². The van der Waals surface area contributed by atoms with E-state index in [-0.39, 0.29) is 24.4 Å². The standard InChI is InChI=1S/C15H18BrNO3/c16-9-14(18)13-7-4-8-17(10-13)15(19)20-11-12-5-2-1-3-6-12/h1-3,5-6,13H,4,7-11H2/t13-/m1/s1. The van der Waals surface area contributed by atoms with Crippen molar-refractivity contribution in [2.75, 3.05) is 18.4 Å². The van der Waals surface area contributed by atoms with Crippen LogP contribution in [-0.2, 0) is 16.1 Å². The van der Waals surface area contributed by atoms with E-state index in [9.17, 15) is 9.59 Å². The van der Waals surface area contributed by atoms with Crippen molar-refractivity contribution >= 4 is 27.8 Å². The molecule has 108 valence electrons. The second-order valence-electron chi connectivity index (χ2n) is 4.93. The van der Waals surface area contributed by atoms with Crippen molar-refractivity contribution in [3.63, 3.8) is 0 Å². The fourth-order valence-corrected chi connectivity index (χ4v) is 2.78. The molecule has 0 unspecified atom stereocenters. The molecule has 1 amide bonds. The second-order valence-corrected chi connectivity index (χ2v) is 5.49. The van der Waals surface area contributed by atoms with Crippen LogP contribution in [0.15, 0.2) is 30.3 Å². The van der Waals surface area contributed by atoms with Crippen LogP contribution in [0.4, 0.5) is 4.79 Å². The second kappa shape index (κ2) is 7.43. The van der Waals surface area contributed by atoms with Crippen LogP contribution >= 0.6 is 15.9 Å². The first kappa shape index (κ1) is 15.0. The summed E-state index contributed by atoms with van der Waals surface area (Å²) in [5.41, 5.74) is 0.964. The molecular weight excluding hydrogens is 322 g/mol. The van der Waals surface area contributed by atoms with Crippen LogP contribution in [0.2, 0.25) is 0 Å². The van der Waals surface area contributed by atoms with Crippen molar-refractivity contribution in [2.45, 2.75) is 19.4 Å². The number of halogens is 1. The smallest absolute Gasteiger partial charge is 0.410 e. The van der Waals surface area contributed by atoms with E-state index in [4.69, 9.17) is 4.74 Å². The topological polar surface area (TPSA) is 46.6 Å². The lowest BCUT2D eigenvalue weighted by Crippen LogP contribution is -2.42. The summed E-state index contributed by atoms with van der Waals surface area (Å²) in [4.78, 5) is 25.3. The average molecular weight is 340 g/mol. The van der Waals surface area contributed by atoms with Crippen molar-refractivity contribution in [1.82, 2.24) is 4.90 Å². The highest BCUT2D eigenvalue weighted by molar-refractivity contribution is 9.09. The zero-order chi connectivity index (χ0) is 14.4. The molecule has 0 spiro atoms. The summed E-state index contributed by atoms with van der Waals surface area (Å²) < 4.78 is 5.29. The third kappa shape index (κ3) is 4.07. The molecular formula is C15H18BrNO3. The maximum absolute atomic E-state index is 12.0. The van der Waals surface area contributed by atoms with Gasteiger partial charge in [-0.2, -0.15) is 0 Å². The number of hydrogen-bond donors (Lipinski definition) is 0. The zero-order valence-electron chi connectivity index (χ0n) is 11.3. The van der Waals surface area contributed by atoms with Gasteiger partial charge >= 0.3 is 6.09 Å². The Morgan fingerprint density at radius 1 is 1.30 bits per heavy atom. The lowest BCUT2D eigenvalue weighted by atomic mass is 9.95. The third-order valence-electron chi connectivity index (χ3n) is 3.47. The molecule has 2 rings (SSSR count). The van der Waals surface area contributed by atoms with Gasteiger partial charge in [0.15, 0.2) is 0 Å². The number of nitrogens with zero attached hydrogens (tertiary/aromatic N) is 1. The maximum Gasteiger partial charge on any atom is 0.410 e. The number of carbonyl (C=O) groups is 2. The van der Waals surface area contributed by atoms with E-state index in [1.54, 1.807) is 4.90 Å². The fourth-order valence-electron chi connectivity index (χ4n) is 2.33. The number of ketones is 1. The number of piperidine rings is 1. The van der Waals surface area contributed by atoms with Gasteiger partial charge in [-0.15, -0.1) is 0 Å². The summed E-state index contributed by atoms with van der Waals surface area (Å²) in [6, 6.07) is 9.58. The van der Waals surface area contributed by atoms with Gasteiger partial charge in [0, 0.05) is 19.0 Å². The minimum absolute atomic E-state index is 0.0626. The number of Topliss-reactive ketones (excluding diaryl/α,β-unsaturated/α-hetero) is 1. The molecule has 0 aromatic heterocycles. The highest BCUT2D eigenvalue weighted by Gasteiger charge is 2.28. The Hall–Kier alpha value is -1.36. The van der Waals surface area contributed by atoms with Gasteiger partial charge in [0.2, 0.25) is 0 Å². The maximum atomic E-state index is 12.0. The number of ether oxygens (including phenoxy) is 1. The Labute approximate surface area is 127 Å². The van der Waals surface area contributed by atoms with Crippen molar-refractivity contribution in [3.05, 3.63) is 35.9 Å². The molecule has 4 nitrogen and oxygen atoms in total. The van der Waals surface area contributed by atoms with Gasteiger partial charge < -0.3 is 9.64 Å². The van der Waals surface area contributed by atoms with E-state index in [0.717, 1.165) is 18.4 Å². The molecule has 1 fully saturated rings. The molecule has 0 saturated carbocycles. The minimum atomic E-state index is -0.332. The molecule has 1 aromatic rings. The van der Waals surface area contributed by atoms with Gasteiger partial charge in [-0.05, 0) is 18.4 Å². The Bertz CT molecular complexity index is 463. The lowest BCUT2D eigenvalue weighted by Gasteiger charge is -2.31. The molecule has 0 bridgehead atoms. The van der Waals surface area contributed by atoms with Crippen molar-refractivity contribution < 1.29 is 14.3 Å². The van der Waals surface area contributed by atoms with Crippen LogP contribution in [0.25, 0.3) is 0 Å². The molecule has 1 heterocycles. The Balaban J connectivity index is 1.84. The normalized spacial score (nSPS) is 18.6. The molecule has 1 aromatic carbocycles. The van der Waals surface area contributed by atoms with Crippen molar-refractivity contribution in [2.24, 2.45) is 5.92 Å². The zero-order valence-corrected chi connectivity index (χ0v) is 12.8. The number of amides is 1. The molecule has 1 saturated heterocycles. The van der Waals surface area contributed by atoms with Gasteiger partial charge in [-0.3, -0.25) is 4.79 Å². The highest BCUT2D eigenvalue weighted by atomic mass is 79.9. The van der Waals surface area contributed by atoms with Gasteiger partial charge in [0.1, 0.15) is 12.4 Å². The molecule has 1 aliphatic rings. The van der Waals surface area contributed by atoms with Gasteiger partial charge in [0.05, 0.1) is 5.33 Å². The van der Waals surface area contributed by atoms with Gasteiger partial charge in [-0.25, -0.2) is 4.79 Å². The van der Waals surface area contributed by atoms with E-state index in [2.05, 4.69) is 15.9 Å². The summed E-state index contributed by atoms with van der Waals surface area (Å²) in [5.74, 6) is 0.0953. The van der Waals surface area contributed by atoms with Crippen LogP contribution in [0, 0.1) is 5.92 Å². The van der Waals surface area contributed by atoms with Crippen molar-refractivity contribution in [3.8, 4) is 0 Å². The Morgan fingerprint density at radius 3 is 2.75 bits per heavy atom. The number of benzene rings is 1. The predicted molar refractivity (Wildman–Crippen MR) is 79.7 cm³/mol. The lowest BCUT2D eigenvalue weighted by molar-refractivity contribution is -0.121. The Morgan fingerprint density at radius 2 is 2.05 bits per heavy atom. The Kier molecular flexibility index (Phi) is 5.59. The monoisotopic (exact) mass is 339 g/mol. The van der Waals surface area contributed by atoms with Crippen molar-refractivity contribution in [1.29, 1.82) is 0 Å². The highest BCUT2D eigenvalue weighted by Crippen LogP contribution is 2.19. The number of alkyl halides is 1. The van der Waals surface area contributed by atoms with E-state index < -0.39 is 0 Å². The number of carbonyl (C=O) groups excluding carboxylic acids is 2. The molecule has 0 N–H and O–H groups in total. The number of hydrogen-bond acceptors (Lipinski definition) is 3. The first-order chi connectivity index (χ1) is 9.70. The average Bonchev–Trinajstić information content (AvgIpc) is 2.53. The van der Waals surface area contributed by atoms with Crippen LogP contribution in [0.1, 0.15) is 18.4 Å². The fraction of sp³-hybridized carbons (Fsp3) is 0.467. The summed E-state index contributed by atoms with van der Waals surface area (Å²) in [6.07, 6.45) is 1.37. The van der Waals surface area contributed by atoms with E-state index in [1.807, 2.05) is 30.3 Å². The molecule has 1 aliphatic heterocycles. The third-order valence-corrected chi connectivity index (χ3v) is 4.02. The summed E-state index contributed by atoms with van der Waals surface area (Å²) in [6.45, 7) is 1.41. The molecule has 1 atom stereocenters. The van der Waals surface area contributed by atoms with Gasteiger partial charge in [0.25, 0.3) is 0 Å². The molecule has 0 aliphatic carbocycles. The summed E-state index contributed by atoms with van der Waals surface area (Å²) in [5, 5.41) is 0.352. The van der Waals surface area contributed by atoms with Crippen LogP contribution in [0.5, 0.6) is 0 Å². The first-order valence-electron chi connectivity index (χ1n) is 6.75. The molecule has 20 heavy (non-hydrogen) atoms. The van der Waals surface area contributed by atoms with E-state index in [0.29, 0.717) is 18.4 Å². The van der Waals surface area contributed by atoms with Gasteiger partial charge in [-0.1, -0.05) is 46.3 Å². The van der Waals surface area contributed by atoms with Crippen LogP contribution in [0.3, 0.4) is 0 Å². The predicted octanol–water partition coefficient (Wildman–Crippen LogP) is 3.00. The first-order valence-corrected chi connectivity index (χ1v) is 7.87. The largest absolute Gasteiger partial charge is 0.445 e. The number of likely N-dealkylation sites (tertiary alicyclic amines) is 1.